The predicted molar refractivity (Wildman–Crippen MR) is 101 cm³/mol. The number of quaternary nitrogens is 1. The van der Waals surface area contributed by atoms with Gasteiger partial charge < -0.3 is 15.6 Å². The van der Waals surface area contributed by atoms with E-state index in [0.717, 1.165) is 19.4 Å². The number of aliphatic carboxylic acids is 1. The molecule has 152 valence electrons. The van der Waals surface area contributed by atoms with Gasteiger partial charge in [0.2, 0.25) is 10.0 Å². The Labute approximate surface area is 155 Å². The van der Waals surface area contributed by atoms with Crippen LogP contribution in [0.1, 0.15) is 91.4 Å². The van der Waals surface area contributed by atoms with Gasteiger partial charge >= 0.3 is 0 Å². The SMILES string of the molecule is CCCCCCCCCCCCS(=O)(=O)NC(C)CC(=O)[O-].CC[NH3+]. The number of carbonyl (C=O) groups is 1. The summed E-state index contributed by atoms with van der Waals surface area (Å²) in [6.45, 7) is 6.76. The molecule has 0 aliphatic heterocycles. The van der Waals surface area contributed by atoms with Crippen molar-refractivity contribution in [1.82, 2.24) is 4.72 Å². The van der Waals surface area contributed by atoms with Crippen LogP contribution in [0, 0.1) is 0 Å². The van der Waals surface area contributed by atoms with Crippen LogP contribution in [-0.4, -0.2) is 32.7 Å². The average molecular weight is 381 g/mol. The lowest BCUT2D eigenvalue weighted by atomic mass is 10.1. The molecule has 4 N–H and O–H groups in total. The Morgan fingerprint density at radius 2 is 1.36 bits per heavy atom. The van der Waals surface area contributed by atoms with Crippen LogP contribution in [-0.2, 0) is 14.8 Å². The maximum Gasteiger partial charge on any atom is 0.211 e. The molecule has 0 aromatic carbocycles. The third kappa shape index (κ3) is 23.3. The van der Waals surface area contributed by atoms with E-state index < -0.39 is 22.0 Å². The molecule has 0 spiro atoms. The van der Waals surface area contributed by atoms with Gasteiger partial charge in [0.1, 0.15) is 0 Å². The van der Waals surface area contributed by atoms with E-state index in [9.17, 15) is 18.3 Å². The van der Waals surface area contributed by atoms with Gasteiger partial charge in [0.15, 0.2) is 0 Å². The first-order chi connectivity index (χ1) is 11.8. The Morgan fingerprint density at radius 3 is 1.76 bits per heavy atom. The standard InChI is InChI=1S/C16H33NO4S.C2H7N/c1-3-4-5-6-7-8-9-10-11-12-13-22(20,21)17-15(2)14-16(18)19;1-2-3/h15,17H,3-14H2,1-2H3,(H,18,19);2-3H2,1H3. The first-order valence-electron chi connectivity index (χ1n) is 9.78. The van der Waals surface area contributed by atoms with Gasteiger partial charge in [-0.3, -0.25) is 0 Å². The van der Waals surface area contributed by atoms with Crippen molar-refractivity contribution >= 4 is 16.0 Å². The molecule has 0 bridgehead atoms. The van der Waals surface area contributed by atoms with E-state index in [0.29, 0.717) is 6.42 Å². The molecule has 0 fully saturated rings. The molecule has 0 rings (SSSR count). The number of hydrogen-bond acceptors (Lipinski definition) is 4. The van der Waals surface area contributed by atoms with Crippen molar-refractivity contribution in [3.05, 3.63) is 0 Å². The highest BCUT2D eigenvalue weighted by molar-refractivity contribution is 7.89. The smallest absolute Gasteiger partial charge is 0.211 e. The number of sulfonamides is 1. The van der Waals surface area contributed by atoms with Crippen LogP contribution in [0.5, 0.6) is 0 Å². The zero-order chi connectivity index (χ0) is 19.6. The zero-order valence-corrected chi connectivity index (χ0v) is 17.3. The fourth-order valence-corrected chi connectivity index (χ4v) is 3.84. The monoisotopic (exact) mass is 380 g/mol. The Balaban J connectivity index is 0. The van der Waals surface area contributed by atoms with Gasteiger partial charge in [-0.25, -0.2) is 13.1 Å². The molecule has 1 atom stereocenters. The van der Waals surface area contributed by atoms with Crippen molar-refractivity contribution in [1.29, 1.82) is 0 Å². The first-order valence-corrected chi connectivity index (χ1v) is 11.4. The normalized spacial score (nSPS) is 12.3. The van der Waals surface area contributed by atoms with E-state index in [1.54, 1.807) is 0 Å². The van der Waals surface area contributed by atoms with Gasteiger partial charge in [0, 0.05) is 18.4 Å². The third-order valence-electron chi connectivity index (χ3n) is 3.62. The van der Waals surface area contributed by atoms with Crippen LogP contribution in [0.15, 0.2) is 0 Å². The van der Waals surface area contributed by atoms with Gasteiger partial charge in [-0.1, -0.05) is 64.7 Å². The molecular formula is C18H40N2O4S. The predicted octanol–water partition coefficient (Wildman–Crippen LogP) is 1.60. The number of carbonyl (C=O) groups excluding carboxylic acids is 1. The summed E-state index contributed by atoms with van der Waals surface area (Å²) in [6, 6.07) is -0.613. The molecule has 0 aliphatic rings. The quantitative estimate of drug-likeness (QED) is 0.420. The van der Waals surface area contributed by atoms with Crippen LogP contribution in [0.25, 0.3) is 0 Å². The largest absolute Gasteiger partial charge is 0.550 e. The Morgan fingerprint density at radius 1 is 0.960 bits per heavy atom. The molecule has 0 saturated heterocycles. The lowest BCUT2D eigenvalue weighted by Gasteiger charge is -2.14. The summed E-state index contributed by atoms with van der Waals surface area (Å²) in [4.78, 5) is 10.4. The van der Waals surface area contributed by atoms with Crippen molar-refractivity contribution in [2.45, 2.75) is 97.4 Å². The Kier molecular flexibility index (Phi) is 19.3. The van der Waals surface area contributed by atoms with Crippen LogP contribution < -0.4 is 15.6 Å². The minimum Gasteiger partial charge on any atom is -0.550 e. The average Bonchev–Trinajstić information content (AvgIpc) is 2.48. The van der Waals surface area contributed by atoms with E-state index in [2.05, 4.69) is 17.4 Å². The zero-order valence-electron chi connectivity index (χ0n) is 16.5. The van der Waals surface area contributed by atoms with Crippen LogP contribution >= 0.6 is 0 Å². The summed E-state index contributed by atoms with van der Waals surface area (Å²) >= 11 is 0. The molecule has 0 aromatic heterocycles. The van der Waals surface area contributed by atoms with E-state index in [1.807, 2.05) is 6.92 Å². The highest BCUT2D eigenvalue weighted by Gasteiger charge is 2.13. The number of carboxylic acid groups (broad SMARTS) is 1. The maximum absolute atomic E-state index is 11.7. The molecule has 0 saturated carbocycles. The molecule has 0 aromatic rings. The molecule has 1 unspecified atom stereocenters. The van der Waals surface area contributed by atoms with Gasteiger partial charge in [-0.15, -0.1) is 0 Å². The van der Waals surface area contributed by atoms with Gasteiger partial charge in [-0.2, -0.15) is 0 Å². The van der Waals surface area contributed by atoms with Crippen molar-refractivity contribution in [2.75, 3.05) is 12.3 Å². The van der Waals surface area contributed by atoms with Gasteiger partial charge in [0.05, 0.1) is 12.3 Å². The summed E-state index contributed by atoms with van der Waals surface area (Å²) in [7, 11) is -3.38. The molecular weight excluding hydrogens is 340 g/mol. The summed E-state index contributed by atoms with van der Waals surface area (Å²) in [5.74, 6) is -1.17. The second-order valence-electron chi connectivity index (χ2n) is 6.60. The maximum atomic E-state index is 11.7. The van der Waals surface area contributed by atoms with Gasteiger partial charge in [-0.05, 0) is 20.3 Å². The number of hydrogen-bond donors (Lipinski definition) is 2. The van der Waals surface area contributed by atoms with Crippen LogP contribution in [0.4, 0.5) is 0 Å². The lowest BCUT2D eigenvalue weighted by molar-refractivity contribution is -0.361. The highest BCUT2D eigenvalue weighted by Crippen LogP contribution is 2.11. The molecule has 6 nitrogen and oxygen atoms in total. The summed E-state index contributed by atoms with van der Waals surface area (Å²) in [5.41, 5.74) is 3.49. The molecule has 0 heterocycles. The third-order valence-corrected chi connectivity index (χ3v) is 5.21. The first kappa shape index (κ1) is 26.6. The van der Waals surface area contributed by atoms with Crippen molar-refractivity contribution in [2.24, 2.45) is 0 Å². The minimum atomic E-state index is -3.38. The fourth-order valence-electron chi connectivity index (χ4n) is 2.44. The Hall–Kier alpha value is -0.660. The van der Waals surface area contributed by atoms with Crippen molar-refractivity contribution < 1.29 is 24.1 Å². The van der Waals surface area contributed by atoms with E-state index >= 15 is 0 Å². The second-order valence-corrected chi connectivity index (χ2v) is 8.47. The minimum absolute atomic E-state index is 0.0703. The summed E-state index contributed by atoms with van der Waals surface area (Å²) in [6.07, 6.45) is 11.2. The second kappa shape index (κ2) is 18.1. The van der Waals surface area contributed by atoms with Crippen molar-refractivity contribution in [3.63, 3.8) is 0 Å². The molecule has 0 radical (unpaired) electrons. The molecule has 0 amide bonds. The number of unbranched alkanes of at least 4 members (excludes halogenated alkanes) is 9. The summed E-state index contributed by atoms with van der Waals surface area (Å²) in [5, 5.41) is 10.4. The number of carboxylic acids is 1. The van der Waals surface area contributed by atoms with Crippen LogP contribution in [0.3, 0.4) is 0 Å². The van der Waals surface area contributed by atoms with Crippen molar-refractivity contribution in [3.8, 4) is 0 Å². The molecule has 7 heteroatoms. The fraction of sp³-hybridized carbons (Fsp3) is 0.944. The summed E-state index contributed by atoms with van der Waals surface area (Å²) < 4.78 is 25.8. The highest BCUT2D eigenvalue weighted by atomic mass is 32.2. The van der Waals surface area contributed by atoms with Gasteiger partial charge in [0.25, 0.3) is 0 Å². The van der Waals surface area contributed by atoms with E-state index in [4.69, 9.17) is 0 Å². The molecule has 25 heavy (non-hydrogen) atoms. The number of nitrogens with one attached hydrogen (secondary N) is 1. The topological polar surface area (TPSA) is 114 Å². The van der Waals surface area contributed by atoms with E-state index in [-0.39, 0.29) is 12.2 Å². The lowest BCUT2D eigenvalue weighted by Crippen LogP contribution is -2.48. The van der Waals surface area contributed by atoms with E-state index in [1.165, 1.54) is 51.9 Å². The Bertz CT molecular complexity index is 400. The van der Waals surface area contributed by atoms with Crippen LogP contribution in [0.2, 0.25) is 0 Å². The molecule has 0 aliphatic carbocycles. The number of rotatable bonds is 15.